The van der Waals surface area contributed by atoms with Crippen LogP contribution in [0.25, 0.3) is 11.1 Å². The number of nitrogens with two attached hydrogens (primary N) is 1. The molecule has 0 aliphatic carbocycles. The zero-order valence-corrected chi connectivity index (χ0v) is 9.16. The number of nitrogen functional groups attached to an aromatic ring is 1. The molecule has 70 valence electrons. The van der Waals surface area contributed by atoms with Gasteiger partial charge in [0.25, 0.3) is 0 Å². The molecule has 0 radical (unpaired) electrons. The molecule has 2 aromatic rings. The fourth-order valence-corrected chi connectivity index (χ4v) is 1.92. The summed E-state index contributed by atoms with van der Waals surface area (Å²) in [6.45, 7) is 0. The average molecular weight is 248 g/mol. The van der Waals surface area contributed by atoms with Gasteiger partial charge in [-0.15, -0.1) is 0 Å². The molecular formula is C12H10BrN. The summed E-state index contributed by atoms with van der Waals surface area (Å²) in [5.74, 6) is 0. The van der Waals surface area contributed by atoms with Crippen LogP contribution in [-0.4, -0.2) is 0 Å². The van der Waals surface area contributed by atoms with Crippen molar-refractivity contribution in [2.75, 3.05) is 5.73 Å². The summed E-state index contributed by atoms with van der Waals surface area (Å²) < 4.78 is 1.09. The van der Waals surface area contributed by atoms with Crippen molar-refractivity contribution in [3.63, 3.8) is 0 Å². The Morgan fingerprint density at radius 2 is 1.71 bits per heavy atom. The van der Waals surface area contributed by atoms with E-state index in [1.807, 2.05) is 36.4 Å². The minimum absolute atomic E-state index is 0.790. The van der Waals surface area contributed by atoms with Crippen LogP contribution in [-0.2, 0) is 0 Å². The van der Waals surface area contributed by atoms with Crippen LogP contribution in [0.4, 0.5) is 5.69 Å². The monoisotopic (exact) mass is 247 g/mol. The average Bonchev–Trinajstić information content (AvgIpc) is 2.18. The molecule has 0 saturated carbocycles. The Bertz CT molecular complexity index is 452. The van der Waals surface area contributed by atoms with Gasteiger partial charge >= 0.3 is 0 Å². The van der Waals surface area contributed by atoms with Gasteiger partial charge in [-0.2, -0.15) is 0 Å². The highest BCUT2D eigenvalue weighted by atomic mass is 79.9. The minimum Gasteiger partial charge on any atom is -0.399 e. The molecule has 0 spiro atoms. The fourth-order valence-electron chi connectivity index (χ4n) is 1.40. The zero-order chi connectivity index (χ0) is 9.97. The first-order valence-electron chi connectivity index (χ1n) is 4.38. The van der Waals surface area contributed by atoms with Crippen molar-refractivity contribution in [2.45, 2.75) is 0 Å². The van der Waals surface area contributed by atoms with Crippen LogP contribution in [0, 0.1) is 0 Å². The van der Waals surface area contributed by atoms with Crippen molar-refractivity contribution in [1.82, 2.24) is 0 Å². The molecule has 0 fully saturated rings. The van der Waals surface area contributed by atoms with Crippen LogP contribution in [0.15, 0.2) is 53.0 Å². The number of rotatable bonds is 1. The van der Waals surface area contributed by atoms with Crippen LogP contribution >= 0.6 is 15.9 Å². The van der Waals surface area contributed by atoms with Crippen LogP contribution in [0.2, 0.25) is 0 Å². The van der Waals surface area contributed by atoms with E-state index in [9.17, 15) is 0 Å². The van der Waals surface area contributed by atoms with Crippen molar-refractivity contribution >= 4 is 21.6 Å². The number of hydrogen-bond acceptors (Lipinski definition) is 1. The Kier molecular flexibility index (Phi) is 2.55. The standard InChI is InChI=1S/C12H10BrN/c13-12-7-2-1-6-11(12)9-4-3-5-10(14)8-9/h1-8H,14H2. The second kappa shape index (κ2) is 3.84. The lowest BCUT2D eigenvalue weighted by Gasteiger charge is -2.04. The van der Waals surface area contributed by atoms with Crippen molar-refractivity contribution in [1.29, 1.82) is 0 Å². The molecule has 2 heteroatoms. The number of hydrogen-bond donors (Lipinski definition) is 1. The molecule has 0 bridgehead atoms. The van der Waals surface area contributed by atoms with Crippen LogP contribution in [0.1, 0.15) is 0 Å². The summed E-state index contributed by atoms with van der Waals surface area (Å²) in [5.41, 5.74) is 8.82. The zero-order valence-electron chi connectivity index (χ0n) is 7.57. The summed E-state index contributed by atoms with van der Waals surface area (Å²) >= 11 is 3.52. The summed E-state index contributed by atoms with van der Waals surface area (Å²) in [6, 6.07) is 16.0. The first-order valence-corrected chi connectivity index (χ1v) is 5.17. The van der Waals surface area contributed by atoms with Crippen molar-refractivity contribution < 1.29 is 0 Å². The highest BCUT2D eigenvalue weighted by Crippen LogP contribution is 2.28. The first-order chi connectivity index (χ1) is 6.77. The Morgan fingerprint density at radius 3 is 2.43 bits per heavy atom. The van der Waals surface area contributed by atoms with Gasteiger partial charge in [-0.25, -0.2) is 0 Å². The van der Waals surface area contributed by atoms with Crippen LogP contribution in [0.5, 0.6) is 0 Å². The van der Waals surface area contributed by atoms with Crippen LogP contribution in [0.3, 0.4) is 0 Å². The van der Waals surface area contributed by atoms with Gasteiger partial charge in [-0.1, -0.05) is 46.3 Å². The third-order valence-corrected chi connectivity index (χ3v) is 2.76. The van der Waals surface area contributed by atoms with Gasteiger partial charge in [-0.05, 0) is 29.3 Å². The lowest BCUT2D eigenvalue weighted by Crippen LogP contribution is -1.85. The van der Waals surface area contributed by atoms with E-state index < -0.39 is 0 Å². The van der Waals surface area contributed by atoms with E-state index in [4.69, 9.17) is 5.73 Å². The smallest absolute Gasteiger partial charge is 0.0320 e. The molecule has 0 aliphatic rings. The fraction of sp³-hybridized carbons (Fsp3) is 0. The van der Waals surface area contributed by atoms with E-state index in [-0.39, 0.29) is 0 Å². The normalized spacial score (nSPS) is 10.1. The number of halogens is 1. The van der Waals surface area contributed by atoms with Gasteiger partial charge in [0.1, 0.15) is 0 Å². The summed E-state index contributed by atoms with van der Waals surface area (Å²) in [5, 5.41) is 0. The first kappa shape index (κ1) is 9.28. The highest BCUT2D eigenvalue weighted by molar-refractivity contribution is 9.10. The molecule has 1 nitrogen and oxygen atoms in total. The third kappa shape index (κ3) is 1.80. The van der Waals surface area contributed by atoms with E-state index in [0.29, 0.717) is 0 Å². The van der Waals surface area contributed by atoms with Gasteiger partial charge in [0.15, 0.2) is 0 Å². The third-order valence-electron chi connectivity index (χ3n) is 2.07. The lowest BCUT2D eigenvalue weighted by atomic mass is 10.1. The predicted molar refractivity (Wildman–Crippen MR) is 64.0 cm³/mol. The topological polar surface area (TPSA) is 26.0 Å². The lowest BCUT2D eigenvalue weighted by molar-refractivity contribution is 1.58. The summed E-state index contributed by atoms with van der Waals surface area (Å²) in [7, 11) is 0. The quantitative estimate of drug-likeness (QED) is 0.765. The van der Waals surface area contributed by atoms with E-state index >= 15 is 0 Å². The van der Waals surface area contributed by atoms with Crippen molar-refractivity contribution in [2.24, 2.45) is 0 Å². The van der Waals surface area contributed by atoms with Gasteiger partial charge in [0, 0.05) is 10.2 Å². The molecule has 2 aromatic carbocycles. The molecule has 0 amide bonds. The summed E-state index contributed by atoms with van der Waals surface area (Å²) in [6.07, 6.45) is 0. The van der Waals surface area contributed by atoms with E-state index in [1.54, 1.807) is 0 Å². The van der Waals surface area contributed by atoms with E-state index in [0.717, 1.165) is 15.7 Å². The Balaban J connectivity index is 2.55. The maximum Gasteiger partial charge on any atom is 0.0320 e. The Hall–Kier alpha value is -1.28. The van der Waals surface area contributed by atoms with Gasteiger partial charge in [0.2, 0.25) is 0 Å². The van der Waals surface area contributed by atoms with Crippen molar-refractivity contribution in [3.8, 4) is 11.1 Å². The van der Waals surface area contributed by atoms with E-state index in [2.05, 4.69) is 28.1 Å². The van der Waals surface area contributed by atoms with Crippen LogP contribution < -0.4 is 5.73 Å². The molecule has 0 aromatic heterocycles. The van der Waals surface area contributed by atoms with Gasteiger partial charge in [0.05, 0.1) is 0 Å². The van der Waals surface area contributed by atoms with Gasteiger partial charge in [-0.3, -0.25) is 0 Å². The SMILES string of the molecule is Nc1cccc(-c2ccccc2Br)c1. The Labute approximate surface area is 91.7 Å². The molecular weight excluding hydrogens is 238 g/mol. The molecule has 0 heterocycles. The Morgan fingerprint density at radius 1 is 0.929 bits per heavy atom. The largest absolute Gasteiger partial charge is 0.399 e. The highest BCUT2D eigenvalue weighted by Gasteiger charge is 2.01. The number of benzene rings is 2. The molecule has 2 rings (SSSR count). The molecule has 14 heavy (non-hydrogen) atoms. The molecule has 0 atom stereocenters. The molecule has 0 aliphatic heterocycles. The summed E-state index contributed by atoms with van der Waals surface area (Å²) in [4.78, 5) is 0. The maximum atomic E-state index is 5.73. The molecule has 0 unspecified atom stereocenters. The van der Waals surface area contributed by atoms with Crippen molar-refractivity contribution in [3.05, 3.63) is 53.0 Å². The predicted octanol–water partition coefficient (Wildman–Crippen LogP) is 3.70. The minimum atomic E-state index is 0.790. The second-order valence-corrected chi connectivity index (χ2v) is 3.96. The maximum absolute atomic E-state index is 5.73. The molecule has 2 N–H and O–H groups in total. The van der Waals surface area contributed by atoms with Gasteiger partial charge < -0.3 is 5.73 Å². The second-order valence-electron chi connectivity index (χ2n) is 3.11. The molecule has 0 saturated heterocycles. The van der Waals surface area contributed by atoms with E-state index in [1.165, 1.54) is 5.56 Å². The number of anilines is 1.